The molecule has 1 aliphatic rings. The van der Waals surface area contributed by atoms with E-state index in [0.29, 0.717) is 5.56 Å². The normalized spacial score (nSPS) is 15.0. The summed E-state index contributed by atoms with van der Waals surface area (Å²) < 4.78 is 1.90. The number of amides is 1. The molecule has 1 N–H and O–H groups in total. The number of nitrogens with zero attached hydrogens (tertiary/aromatic N) is 3. The van der Waals surface area contributed by atoms with Gasteiger partial charge >= 0.3 is 0 Å². The Hall–Kier alpha value is -1.36. The van der Waals surface area contributed by atoms with Crippen molar-refractivity contribution in [3.8, 4) is 0 Å². The molecule has 0 spiro atoms. The average Bonchev–Trinajstić information content (AvgIpc) is 2.60. The first-order chi connectivity index (χ1) is 6.70. The second kappa shape index (κ2) is 3.42. The fraction of sp³-hybridized carbons (Fsp3) is 0.556. The Balaban J connectivity index is 2.35. The van der Waals surface area contributed by atoms with Crippen LogP contribution < -0.4 is 5.32 Å². The summed E-state index contributed by atoms with van der Waals surface area (Å²) in [5.74, 6) is 0.0231. The van der Waals surface area contributed by atoms with Gasteiger partial charge in [-0.3, -0.25) is 9.48 Å². The summed E-state index contributed by atoms with van der Waals surface area (Å²) in [7, 11) is 3.51. The Labute approximate surface area is 82.7 Å². The predicted molar refractivity (Wildman–Crippen MR) is 52.0 cm³/mol. The van der Waals surface area contributed by atoms with Gasteiger partial charge in [-0.15, -0.1) is 0 Å². The summed E-state index contributed by atoms with van der Waals surface area (Å²) in [6, 6.07) is 0. The number of carbonyl (C=O) groups excluding carboxylic acids is 1. The maximum Gasteiger partial charge on any atom is 0.256 e. The zero-order valence-electron chi connectivity index (χ0n) is 8.45. The van der Waals surface area contributed by atoms with Crippen LogP contribution in [0.3, 0.4) is 0 Å². The number of rotatable bonds is 1. The van der Waals surface area contributed by atoms with E-state index in [2.05, 4.69) is 10.4 Å². The summed E-state index contributed by atoms with van der Waals surface area (Å²) >= 11 is 0. The molecule has 0 radical (unpaired) electrons. The van der Waals surface area contributed by atoms with Crippen LogP contribution in [-0.4, -0.2) is 41.2 Å². The molecule has 0 unspecified atom stereocenters. The second-order valence-electron chi connectivity index (χ2n) is 3.60. The molecule has 2 rings (SSSR count). The Morgan fingerprint density at radius 3 is 3.14 bits per heavy atom. The lowest BCUT2D eigenvalue weighted by Crippen LogP contribution is -2.31. The van der Waals surface area contributed by atoms with Crippen LogP contribution in [0.2, 0.25) is 0 Å². The molecule has 1 aromatic heterocycles. The summed E-state index contributed by atoms with van der Waals surface area (Å²) in [4.78, 5) is 13.3. The van der Waals surface area contributed by atoms with Crippen LogP contribution in [0.25, 0.3) is 0 Å². The molecule has 0 atom stereocenters. The summed E-state index contributed by atoms with van der Waals surface area (Å²) in [6.45, 7) is 2.50. The zero-order chi connectivity index (χ0) is 10.1. The number of aromatic nitrogens is 2. The van der Waals surface area contributed by atoms with Crippen molar-refractivity contribution in [2.45, 2.75) is 13.1 Å². The zero-order valence-corrected chi connectivity index (χ0v) is 8.45. The third-order valence-corrected chi connectivity index (χ3v) is 2.38. The molecular formula is C9H14N4O. The van der Waals surface area contributed by atoms with E-state index < -0.39 is 0 Å². The number of hydrogen-bond acceptors (Lipinski definition) is 3. The van der Waals surface area contributed by atoms with Crippen molar-refractivity contribution in [3.05, 3.63) is 17.5 Å². The van der Waals surface area contributed by atoms with E-state index in [4.69, 9.17) is 0 Å². The minimum Gasteiger partial charge on any atom is -0.345 e. The van der Waals surface area contributed by atoms with E-state index in [-0.39, 0.29) is 5.91 Å². The van der Waals surface area contributed by atoms with Crippen molar-refractivity contribution < 1.29 is 4.79 Å². The van der Waals surface area contributed by atoms with Gasteiger partial charge in [-0.05, 0) is 0 Å². The van der Waals surface area contributed by atoms with Gasteiger partial charge in [-0.1, -0.05) is 0 Å². The van der Waals surface area contributed by atoms with Gasteiger partial charge in [-0.25, -0.2) is 0 Å². The lowest BCUT2D eigenvalue weighted by molar-refractivity contribution is 0.0826. The number of carbonyl (C=O) groups is 1. The third kappa shape index (κ3) is 1.39. The van der Waals surface area contributed by atoms with Gasteiger partial charge in [-0.2, -0.15) is 5.10 Å². The molecule has 1 aromatic rings. The Bertz CT molecular complexity index is 356. The van der Waals surface area contributed by atoms with E-state index in [1.807, 2.05) is 4.68 Å². The highest BCUT2D eigenvalue weighted by Gasteiger charge is 2.20. The predicted octanol–water partition coefficient (Wildman–Crippen LogP) is -0.312. The molecule has 5 heteroatoms. The Kier molecular flexibility index (Phi) is 2.25. The fourth-order valence-electron chi connectivity index (χ4n) is 1.60. The lowest BCUT2D eigenvalue weighted by atomic mass is 10.2. The smallest absolute Gasteiger partial charge is 0.256 e. The van der Waals surface area contributed by atoms with E-state index in [9.17, 15) is 4.79 Å². The molecule has 0 saturated carbocycles. The van der Waals surface area contributed by atoms with E-state index >= 15 is 0 Å². The maximum atomic E-state index is 11.7. The van der Waals surface area contributed by atoms with E-state index in [1.165, 1.54) is 0 Å². The monoisotopic (exact) mass is 194 g/mol. The van der Waals surface area contributed by atoms with Gasteiger partial charge in [0.15, 0.2) is 0 Å². The molecule has 5 nitrogen and oxygen atoms in total. The van der Waals surface area contributed by atoms with Crippen molar-refractivity contribution in [1.82, 2.24) is 20.0 Å². The first kappa shape index (κ1) is 9.21. The van der Waals surface area contributed by atoms with E-state index in [0.717, 1.165) is 25.3 Å². The average molecular weight is 194 g/mol. The van der Waals surface area contributed by atoms with Crippen LogP contribution in [0.5, 0.6) is 0 Å². The Morgan fingerprint density at radius 2 is 2.43 bits per heavy atom. The maximum absolute atomic E-state index is 11.7. The molecular weight excluding hydrogens is 180 g/mol. The van der Waals surface area contributed by atoms with Gasteiger partial charge in [0, 0.05) is 27.2 Å². The molecule has 1 amide bonds. The number of fused-ring (bicyclic) bond motifs is 1. The van der Waals surface area contributed by atoms with Gasteiger partial charge in [0.25, 0.3) is 5.91 Å². The van der Waals surface area contributed by atoms with Crippen LogP contribution in [0.4, 0.5) is 0 Å². The Morgan fingerprint density at radius 1 is 1.64 bits per heavy atom. The van der Waals surface area contributed by atoms with Crippen LogP contribution >= 0.6 is 0 Å². The highest BCUT2D eigenvalue weighted by Crippen LogP contribution is 2.12. The second-order valence-corrected chi connectivity index (χ2v) is 3.60. The molecule has 0 fully saturated rings. The van der Waals surface area contributed by atoms with Crippen molar-refractivity contribution in [2.24, 2.45) is 0 Å². The molecule has 14 heavy (non-hydrogen) atoms. The van der Waals surface area contributed by atoms with Crippen molar-refractivity contribution in [2.75, 3.05) is 20.6 Å². The summed E-state index contributed by atoms with van der Waals surface area (Å²) in [5, 5.41) is 7.42. The molecule has 0 aliphatic carbocycles. The number of hydrogen-bond donors (Lipinski definition) is 1. The molecule has 0 saturated heterocycles. The standard InChI is InChI=1S/C9H14N4O/c1-12(2)9(14)7-5-11-13-4-3-10-6-8(7)13/h5,10H,3-4,6H2,1-2H3. The quantitative estimate of drug-likeness (QED) is 0.667. The minimum atomic E-state index is 0.0231. The SMILES string of the molecule is CN(C)C(=O)c1cnn2c1CNCC2. The van der Waals surface area contributed by atoms with Crippen LogP contribution in [-0.2, 0) is 13.1 Å². The van der Waals surface area contributed by atoms with Gasteiger partial charge in [0.2, 0.25) is 0 Å². The van der Waals surface area contributed by atoms with Gasteiger partial charge in [0.1, 0.15) is 0 Å². The highest BCUT2D eigenvalue weighted by molar-refractivity contribution is 5.94. The first-order valence-corrected chi connectivity index (χ1v) is 4.67. The topological polar surface area (TPSA) is 50.2 Å². The molecule has 76 valence electrons. The highest BCUT2D eigenvalue weighted by atomic mass is 16.2. The van der Waals surface area contributed by atoms with Crippen molar-refractivity contribution in [1.29, 1.82) is 0 Å². The van der Waals surface area contributed by atoms with Crippen LogP contribution in [0.1, 0.15) is 16.1 Å². The number of nitrogens with one attached hydrogen (secondary N) is 1. The van der Waals surface area contributed by atoms with Crippen molar-refractivity contribution >= 4 is 5.91 Å². The van der Waals surface area contributed by atoms with Gasteiger partial charge in [0.05, 0.1) is 24.0 Å². The summed E-state index contributed by atoms with van der Waals surface area (Å²) in [6.07, 6.45) is 1.66. The van der Waals surface area contributed by atoms with Gasteiger partial charge < -0.3 is 10.2 Å². The van der Waals surface area contributed by atoms with Crippen LogP contribution in [0.15, 0.2) is 6.20 Å². The fourth-order valence-corrected chi connectivity index (χ4v) is 1.60. The lowest BCUT2D eigenvalue weighted by Gasteiger charge is -2.17. The third-order valence-electron chi connectivity index (χ3n) is 2.38. The largest absolute Gasteiger partial charge is 0.345 e. The van der Waals surface area contributed by atoms with Crippen LogP contribution in [0, 0.1) is 0 Å². The minimum absolute atomic E-state index is 0.0231. The molecule has 2 heterocycles. The van der Waals surface area contributed by atoms with E-state index in [1.54, 1.807) is 25.2 Å². The van der Waals surface area contributed by atoms with Crippen molar-refractivity contribution in [3.63, 3.8) is 0 Å². The molecule has 1 aliphatic heterocycles. The molecule has 0 bridgehead atoms. The molecule has 0 aromatic carbocycles. The summed E-state index contributed by atoms with van der Waals surface area (Å²) in [5.41, 5.74) is 1.71. The first-order valence-electron chi connectivity index (χ1n) is 4.67.